The number of carbonyl (C=O) groups is 1. The lowest BCUT2D eigenvalue weighted by Gasteiger charge is -2.24. The molecule has 22 heavy (non-hydrogen) atoms. The minimum Gasteiger partial charge on any atom is -0.508 e. The summed E-state index contributed by atoms with van der Waals surface area (Å²) in [5.41, 5.74) is 3.40. The van der Waals surface area contributed by atoms with E-state index < -0.39 is 0 Å². The number of benzene rings is 2. The molecule has 1 N–H and O–H groups in total. The Morgan fingerprint density at radius 1 is 1.14 bits per heavy atom. The summed E-state index contributed by atoms with van der Waals surface area (Å²) < 4.78 is 5.08. The summed E-state index contributed by atoms with van der Waals surface area (Å²) in [6.45, 7) is 8.46. The van der Waals surface area contributed by atoms with E-state index in [1.165, 1.54) is 0 Å². The Morgan fingerprint density at radius 2 is 1.86 bits per heavy atom. The van der Waals surface area contributed by atoms with Crippen LogP contribution in [0.5, 0.6) is 5.75 Å². The van der Waals surface area contributed by atoms with Gasteiger partial charge in [0.1, 0.15) is 5.75 Å². The van der Waals surface area contributed by atoms with Gasteiger partial charge in [-0.3, -0.25) is 0 Å². The number of hydrogen-bond donors (Lipinski definition) is 1. The Labute approximate surface area is 131 Å². The Bertz CT molecular complexity index is 681. The van der Waals surface area contributed by atoms with E-state index in [4.69, 9.17) is 4.74 Å². The summed E-state index contributed by atoms with van der Waals surface area (Å²) in [7, 11) is 0. The number of phenols is 1. The lowest BCUT2D eigenvalue weighted by molar-refractivity contribution is 0.0526. The molecule has 0 saturated carbocycles. The Morgan fingerprint density at radius 3 is 2.45 bits per heavy atom. The molecule has 2 rings (SSSR count). The van der Waals surface area contributed by atoms with Gasteiger partial charge < -0.3 is 9.84 Å². The van der Waals surface area contributed by atoms with Crippen molar-refractivity contribution in [2.45, 2.75) is 33.1 Å². The van der Waals surface area contributed by atoms with Crippen molar-refractivity contribution >= 4 is 5.97 Å². The van der Waals surface area contributed by atoms with E-state index in [1.54, 1.807) is 25.1 Å². The Balaban J connectivity index is 2.57. The van der Waals surface area contributed by atoms with Crippen LogP contribution in [0, 0.1) is 0 Å². The quantitative estimate of drug-likeness (QED) is 0.847. The Hall–Kier alpha value is -2.29. The fourth-order valence-electron chi connectivity index (χ4n) is 2.43. The SMILES string of the molecule is CCOC(=O)c1ccc(-c2cccc(O)c2)c(C(C)(C)C)c1. The topological polar surface area (TPSA) is 46.5 Å². The number of hydrogen-bond acceptors (Lipinski definition) is 3. The molecular formula is C19H22O3. The summed E-state index contributed by atoms with van der Waals surface area (Å²) in [5.74, 6) is -0.0812. The summed E-state index contributed by atoms with van der Waals surface area (Å²) in [6.07, 6.45) is 0. The number of aromatic hydroxyl groups is 1. The molecule has 0 fully saturated rings. The lowest BCUT2D eigenvalue weighted by Crippen LogP contribution is -2.15. The van der Waals surface area contributed by atoms with Gasteiger partial charge in [0.25, 0.3) is 0 Å². The van der Waals surface area contributed by atoms with Crippen LogP contribution in [0.2, 0.25) is 0 Å². The van der Waals surface area contributed by atoms with Crippen molar-refractivity contribution in [2.24, 2.45) is 0 Å². The zero-order valence-corrected chi connectivity index (χ0v) is 13.5. The first-order chi connectivity index (χ1) is 10.3. The van der Waals surface area contributed by atoms with E-state index in [-0.39, 0.29) is 17.1 Å². The lowest BCUT2D eigenvalue weighted by atomic mass is 9.81. The molecule has 0 aliphatic rings. The molecule has 3 heteroatoms. The van der Waals surface area contributed by atoms with Gasteiger partial charge in [0, 0.05) is 0 Å². The van der Waals surface area contributed by atoms with Gasteiger partial charge in [-0.1, -0.05) is 39.0 Å². The first-order valence-electron chi connectivity index (χ1n) is 7.44. The number of phenolic OH excluding ortho intramolecular Hbond substituents is 1. The van der Waals surface area contributed by atoms with E-state index >= 15 is 0 Å². The summed E-state index contributed by atoms with van der Waals surface area (Å²) in [6, 6.07) is 12.7. The van der Waals surface area contributed by atoms with Crippen molar-refractivity contribution in [1.82, 2.24) is 0 Å². The molecule has 0 aliphatic carbocycles. The number of esters is 1. The van der Waals surface area contributed by atoms with Crippen LogP contribution in [0.4, 0.5) is 0 Å². The minimum absolute atomic E-state index is 0.136. The molecule has 0 atom stereocenters. The summed E-state index contributed by atoms with van der Waals surface area (Å²) >= 11 is 0. The minimum atomic E-state index is -0.310. The zero-order chi connectivity index (χ0) is 16.3. The predicted octanol–water partition coefficient (Wildman–Crippen LogP) is 4.53. The normalized spacial score (nSPS) is 11.3. The van der Waals surface area contributed by atoms with Gasteiger partial charge in [0.15, 0.2) is 0 Å². The van der Waals surface area contributed by atoms with Gasteiger partial charge in [-0.15, -0.1) is 0 Å². The molecule has 116 valence electrons. The molecule has 0 radical (unpaired) electrons. The van der Waals surface area contributed by atoms with E-state index in [1.807, 2.05) is 24.3 Å². The van der Waals surface area contributed by atoms with Crippen molar-refractivity contribution in [3.63, 3.8) is 0 Å². The largest absolute Gasteiger partial charge is 0.508 e. The van der Waals surface area contributed by atoms with Gasteiger partial charge in [-0.25, -0.2) is 4.79 Å². The van der Waals surface area contributed by atoms with Crippen LogP contribution < -0.4 is 0 Å². The molecular weight excluding hydrogens is 276 g/mol. The molecule has 0 bridgehead atoms. The molecule has 0 aromatic heterocycles. The highest BCUT2D eigenvalue weighted by atomic mass is 16.5. The van der Waals surface area contributed by atoms with Crippen molar-refractivity contribution in [1.29, 1.82) is 0 Å². The Kier molecular flexibility index (Phi) is 4.55. The number of carbonyl (C=O) groups excluding carboxylic acids is 1. The first kappa shape index (κ1) is 16.1. The number of ether oxygens (including phenoxy) is 1. The van der Waals surface area contributed by atoms with Crippen LogP contribution in [0.3, 0.4) is 0 Å². The molecule has 2 aromatic carbocycles. The van der Waals surface area contributed by atoms with Crippen molar-refractivity contribution in [2.75, 3.05) is 6.61 Å². The highest BCUT2D eigenvalue weighted by Gasteiger charge is 2.21. The van der Waals surface area contributed by atoms with Crippen LogP contribution in [0.25, 0.3) is 11.1 Å². The van der Waals surface area contributed by atoms with Crippen LogP contribution in [0.15, 0.2) is 42.5 Å². The van der Waals surface area contributed by atoms with Gasteiger partial charge in [0.05, 0.1) is 12.2 Å². The maximum absolute atomic E-state index is 12.0. The fraction of sp³-hybridized carbons (Fsp3) is 0.316. The van der Waals surface area contributed by atoms with Gasteiger partial charge in [-0.05, 0) is 53.3 Å². The number of rotatable bonds is 3. The zero-order valence-electron chi connectivity index (χ0n) is 13.5. The molecule has 0 saturated heterocycles. The van der Waals surface area contributed by atoms with E-state index in [9.17, 15) is 9.90 Å². The predicted molar refractivity (Wildman–Crippen MR) is 88.2 cm³/mol. The van der Waals surface area contributed by atoms with Gasteiger partial charge >= 0.3 is 5.97 Å². The van der Waals surface area contributed by atoms with E-state index in [0.717, 1.165) is 16.7 Å². The average molecular weight is 298 g/mol. The second-order valence-corrected chi connectivity index (χ2v) is 6.28. The third kappa shape index (κ3) is 3.48. The molecule has 0 aliphatic heterocycles. The van der Waals surface area contributed by atoms with Crippen LogP contribution in [-0.2, 0) is 10.2 Å². The van der Waals surface area contributed by atoms with Gasteiger partial charge in [-0.2, -0.15) is 0 Å². The summed E-state index contributed by atoms with van der Waals surface area (Å²) in [4.78, 5) is 12.0. The smallest absolute Gasteiger partial charge is 0.338 e. The van der Waals surface area contributed by atoms with Crippen molar-refractivity contribution < 1.29 is 14.6 Å². The maximum Gasteiger partial charge on any atom is 0.338 e. The average Bonchev–Trinajstić information content (AvgIpc) is 2.46. The van der Waals surface area contributed by atoms with Crippen molar-refractivity contribution in [3.8, 4) is 16.9 Å². The second-order valence-electron chi connectivity index (χ2n) is 6.28. The van der Waals surface area contributed by atoms with Crippen LogP contribution >= 0.6 is 0 Å². The fourth-order valence-corrected chi connectivity index (χ4v) is 2.43. The molecule has 3 nitrogen and oxygen atoms in total. The monoisotopic (exact) mass is 298 g/mol. The highest BCUT2D eigenvalue weighted by molar-refractivity contribution is 5.91. The standard InChI is InChI=1S/C19H22O3/c1-5-22-18(21)14-9-10-16(17(12-14)19(2,3)4)13-7-6-8-15(20)11-13/h6-12,20H,5H2,1-4H3. The molecule has 2 aromatic rings. The van der Waals surface area contributed by atoms with Gasteiger partial charge in [0.2, 0.25) is 0 Å². The second kappa shape index (κ2) is 6.22. The van der Waals surface area contributed by atoms with E-state index in [2.05, 4.69) is 20.8 Å². The molecule has 0 amide bonds. The maximum atomic E-state index is 12.0. The van der Waals surface area contributed by atoms with Crippen LogP contribution in [-0.4, -0.2) is 17.7 Å². The molecule has 0 unspecified atom stereocenters. The third-order valence-corrected chi connectivity index (χ3v) is 3.50. The van der Waals surface area contributed by atoms with E-state index in [0.29, 0.717) is 12.2 Å². The highest BCUT2D eigenvalue weighted by Crippen LogP contribution is 2.35. The molecule has 0 heterocycles. The van der Waals surface area contributed by atoms with Crippen LogP contribution in [0.1, 0.15) is 43.6 Å². The summed E-state index contributed by atoms with van der Waals surface area (Å²) in [5, 5.41) is 9.71. The first-order valence-corrected chi connectivity index (χ1v) is 7.44. The molecule has 0 spiro atoms. The third-order valence-electron chi connectivity index (χ3n) is 3.50. The van der Waals surface area contributed by atoms with Crippen molar-refractivity contribution in [3.05, 3.63) is 53.6 Å².